The monoisotopic (exact) mass is 328 g/mol. The second-order valence-corrected chi connectivity index (χ2v) is 9.82. The van der Waals surface area contributed by atoms with E-state index in [-0.39, 0.29) is 5.91 Å². The molecule has 5 nitrogen and oxygen atoms in total. The van der Waals surface area contributed by atoms with Gasteiger partial charge < -0.3 is 10.6 Å². The molecule has 2 N–H and O–H groups in total. The molecule has 6 heteroatoms. The van der Waals surface area contributed by atoms with E-state index in [0.29, 0.717) is 32.5 Å². The first-order chi connectivity index (χ1) is 10.4. The zero-order valence-electron chi connectivity index (χ0n) is 13.4. The van der Waals surface area contributed by atoms with Crippen LogP contribution in [0, 0.1) is 17.8 Å². The molecule has 0 aromatic heterocycles. The largest absolute Gasteiger partial charge is 0.355 e. The molecule has 22 heavy (non-hydrogen) atoms. The Morgan fingerprint density at radius 1 is 1.23 bits per heavy atom. The highest BCUT2D eigenvalue weighted by Crippen LogP contribution is 2.49. The third-order valence-corrected chi connectivity index (χ3v) is 8.23. The molecule has 2 aliphatic carbocycles. The second kappa shape index (κ2) is 6.11. The highest BCUT2D eigenvalue weighted by atomic mass is 32.2. The number of sulfone groups is 1. The van der Waals surface area contributed by atoms with Gasteiger partial charge in [0.15, 0.2) is 14.6 Å². The smallest absolute Gasteiger partial charge is 0.241 e. The lowest BCUT2D eigenvalue weighted by atomic mass is 9.86. The van der Waals surface area contributed by atoms with Crippen LogP contribution in [0.3, 0.4) is 0 Å². The third-order valence-electron chi connectivity index (χ3n) is 6.22. The Kier molecular flexibility index (Phi) is 4.52. The average molecular weight is 328 g/mol. The average Bonchev–Trinajstić information content (AvgIpc) is 3.09. The van der Waals surface area contributed by atoms with Crippen LogP contribution in [-0.4, -0.2) is 45.0 Å². The zero-order valence-corrected chi connectivity index (χ0v) is 14.3. The summed E-state index contributed by atoms with van der Waals surface area (Å²) in [6.07, 6.45) is 8.38. The molecule has 0 aromatic carbocycles. The summed E-state index contributed by atoms with van der Waals surface area (Å²) in [4.78, 5) is 12.6. The molecular formula is C16H28N2O3S. The molecule has 1 aliphatic heterocycles. The molecule has 3 unspecified atom stereocenters. The van der Waals surface area contributed by atoms with E-state index in [4.69, 9.17) is 0 Å². The molecule has 0 spiro atoms. The van der Waals surface area contributed by atoms with Crippen LogP contribution in [0.5, 0.6) is 0 Å². The van der Waals surface area contributed by atoms with Crippen LogP contribution < -0.4 is 10.6 Å². The van der Waals surface area contributed by atoms with E-state index in [9.17, 15) is 13.2 Å². The number of rotatable bonds is 5. The maximum atomic E-state index is 12.6. The van der Waals surface area contributed by atoms with Crippen molar-refractivity contribution in [1.29, 1.82) is 0 Å². The van der Waals surface area contributed by atoms with Gasteiger partial charge in [-0.2, -0.15) is 0 Å². The fourth-order valence-electron chi connectivity index (χ4n) is 4.86. The summed E-state index contributed by atoms with van der Waals surface area (Å²) in [7, 11) is -3.40. The summed E-state index contributed by atoms with van der Waals surface area (Å²) < 4.78 is 23.2. The van der Waals surface area contributed by atoms with Crippen LogP contribution in [0.2, 0.25) is 0 Å². The van der Waals surface area contributed by atoms with Crippen molar-refractivity contribution in [3.05, 3.63) is 0 Å². The molecule has 2 bridgehead atoms. The predicted octanol–water partition coefficient (Wildman–Crippen LogP) is 1.10. The summed E-state index contributed by atoms with van der Waals surface area (Å²) >= 11 is 0. The van der Waals surface area contributed by atoms with Crippen molar-refractivity contribution in [2.24, 2.45) is 17.8 Å². The van der Waals surface area contributed by atoms with Gasteiger partial charge in [-0.25, -0.2) is 8.42 Å². The Morgan fingerprint density at radius 3 is 2.50 bits per heavy atom. The minimum atomic E-state index is -3.40. The van der Waals surface area contributed by atoms with Crippen LogP contribution in [0.4, 0.5) is 0 Å². The van der Waals surface area contributed by atoms with Gasteiger partial charge in [0.1, 0.15) is 0 Å². The normalized spacial score (nSPS) is 33.8. The lowest BCUT2D eigenvalue weighted by Crippen LogP contribution is -2.57. The standard InChI is InChI=1S/C16H28N2O3S/c1-22(20,21)16(5-8-17-9-6-16)15(19)18-7-4-14-11-12-2-3-13(14)10-12/h12-14,17H,2-11H2,1H3,(H,18,19). The maximum absolute atomic E-state index is 12.6. The zero-order chi connectivity index (χ0) is 15.8. The van der Waals surface area contributed by atoms with Crippen molar-refractivity contribution in [3.8, 4) is 0 Å². The molecule has 0 radical (unpaired) electrons. The Balaban J connectivity index is 1.55. The van der Waals surface area contributed by atoms with E-state index in [1.807, 2.05) is 0 Å². The number of nitrogens with one attached hydrogen (secondary N) is 2. The van der Waals surface area contributed by atoms with Crippen LogP contribution in [0.25, 0.3) is 0 Å². The summed E-state index contributed by atoms with van der Waals surface area (Å²) in [5.74, 6) is 2.23. The number of carbonyl (C=O) groups excluding carboxylic acids is 1. The van der Waals surface area contributed by atoms with E-state index < -0.39 is 14.6 Å². The molecule has 3 atom stereocenters. The van der Waals surface area contributed by atoms with Crippen LogP contribution in [0.1, 0.15) is 44.9 Å². The predicted molar refractivity (Wildman–Crippen MR) is 86.2 cm³/mol. The minimum Gasteiger partial charge on any atom is -0.355 e. The lowest BCUT2D eigenvalue weighted by molar-refractivity contribution is -0.124. The van der Waals surface area contributed by atoms with Crippen molar-refractivity contribution < 1.29 is 13.2 Å². The summed E-state index contributed by atoms with van der Waals surface area (Å²) in [6.45, 7) is 1.80. The number of carbonyl (C=O) groups is 1. The number of piperidine rings is 1. The van der Waals surface area contributed by atoms with Gasteiger partial charge in [0.2, 0.25) is 5.91 Å². The van der Waals surface area contributed by atoms with Gasteiger partial charge in [-0.15, -0.1) is 0 Å². The number of hydrogen-bond donors (Lipinski definition) is 2. The maximum Gasteiger partial charge on any atom is 0.241 e. The Labute approximate surface area is 133 Å². The summed E-state index contributed by atoms with van der Waals surface area (Å²) in [5, 5.41) is 6.08. The van der Waals surface area contributed by atoms with E-state index in [1.54, 1.807) is 0 Å². The van der Waals surface area contributed by atoms with Gasteiger partial charge in [-0.1, -0.05) is 6.42 Å². The first kappa shape index (κ1) is 16.2. The molecule has 3 aliphatic rings. The first-order valence-corrected chi connectivity index (χ1v) is 10.5. The van der Waals surface area contributed by atoms with Crippen molar-refractivity contribution in [3.63, 3.8) is 0 Å². The molecule has 3 rings (SSSR count). The van der Waals surface area contributed by atoms with Crippen molar-refractivity contribution >= 4 is 15.7 Å². The van der Waals surface area contributed by atoms with E-state index in [1.165, 1.54) is 31.9 Å². The van der Waals surface area contributed by atoms with Crippen molar-refractivity contribution in [2.75, 3.05) is 25.9 Å². The van der Waals surface area contributed by atoms with Gasteiger partial charge in [-0.3, -0.25) is 4.79 Å². The quantitative estimate of drug-likeness (QED) is 0.792. The number of hydrogen-bond acceptors (Lipinski definition) is 4. The van der Waals surface area contributed by atoms with Gasteiger partial charge in [0.05, 0.1) is 0 Å². The molecule has 0 aromatic rings. The van der Waals surface area contributed by atoms with Crippen molar-refractivity contribution in [1.82, 2.24) is 10.6 Å². The Morgan fingerprint density at radius 2 is 1.95 bits per heavy atom. The van der Waals surface area contributed by atoms with E-state index in [0.717, 1.165) is 24.2 Å². The molecule has 126 valence electrons. The van der Waals surface area contributed by atoms with Gasteiger partial charge in [0.25, 0.3) is 0 Å². The number of fused-ring (bicyclic) bond motifs is 2. The van der Waals surface area contributed by atoms with Crippen LogP contribution >= 0.6 is 0 Å². The topological polar surface area (TPSA) is 75.3 Å². The molecule has 1 heterocycles. The van der Waals surface area contributed by atoms with E-state index in [2.05, 4.69) is 10.6 Å². The van der Waals surface area contributed by atoms with Gasteiger partial charge in [0, 0.05) is 12.8 Å². The SMILES string of the molecule is CS(=O)(=O)C1(C(=O)NCCC2CC3CCC2C3)CCNCC1. The molecule has 2 saturated carbocycles. The molecule has 1 saturated heterocycles. The molecular weight excluding hydrogens is 300 g/mol. The third kappa shape index (κ3) is 2.92. The van der Waals surface area contributed by atoms with Gasteiger partial charge >= 0.3 is 0 Å². The van der Waals surface area contributed by atoms with Crippen LogP contribution in [-0.2, 0) is 14.6 Å². The number of amides is 1. The van der Waals surface area contributed by atoms with Crippen LogP contribution in [0.15, 0.2) is 0 Å². The summed E-state index contributed by atoms with van der Waals surface area (Å²) in [5.41, 5.74) is 0. The minimum absolute atomic E-state index is 0.278. The fraction of sp³-hybridized carbons (Fsp3) is 0.938. The second-order valence-electron chi connectivity index (χ2n) is 7.50. The first-order valence-electron chi connectivity index (χ1n) is 8.61. The Bertz CT molecular complexity index is 526. The molecule has 3 fully saturated rings. The van der Waals surface area contributed by atoms with E-state index >= 15 is 0 Å². The highest BCUT2D eigenvalue weighted by Gasteiger charge is 2.48. The lowest BCUT2D eigenvalue weighted by Gasteiger charge is -2.34. The Hall–Kier alpha value is -0.620. The fourth-order valence-corrected chi connectivity index (χ4v) is 6.21. The summed E-state index contributed by atoms with van der Waals surface area (Å²) in [6, 6.07) is 0. The highest BCUT2D eigenvalue weighted by molar-refractivity contribution is 7.92. The van der Waals surface area contributed by atoms with Crippen molar-refractivity contribution in [2.45, 2.75) is 49.7 Å². The van der Waals surface area contributed by atoms with Gasteiger partial charge in [-0.05, 0) is 69.4 Å². The molecule has 1 amide bonds.